The van der Waals surface area contributed by atoms with Gasteiger partial charge in [-0.15, -0.1) is 0 Å². The predicted molar refractivity (Wildman–Crippen MR) is 100 cm³/mol. The van der Waals surface area contributed by atoms with Crippen LogP contribution in [0.3, 0.4) is 0 Å². The van der Waals surface area contributed by atoms with E-state index < -0.39 is 0 Å². The van der Waals surface area contributed by atoms with Crippen LogP contribution in [0.2, 0.25) is 0 Å². The molecule has 4 aromatic rings. The molecular formula is C19H18N6O. The Labute approximate surface area is 150 Å². The van der Waals surface area contributed by atoms with E-state index >= 15 is 0 Å². The van der Waals surface area contributed by atoms with Gasteiger partial charge in [0.05, 0.1) is 24.5 Å². The molecule has 7 nitrogen and oxygen atoms in total. The number of benzene rings is 1. The lowest BCUT2D eigenvalue weighted by atomic mass is 10.2. The summed E-state index contributed by atoms with van der Waals surface area (Å²) in [7, 11) is 3.79. The van der Waals surface area contributed by atoms with Gasteiger partial charge in [0.1, 0.15) is 11.4 Å². The molecule has 0 aliphatic rings. The fourth-order valence-electron chi connectivity index (χ4n) is 2.84. The smallest absolute Gasteiger partial charge is 0.205 e. The first-order valence-electron chi connectivity index (χ1n) is 8.24. The summed E-state index contributed by atoms with van der Waals surface area (Å²) in [4.78, 5) is 18.6. The maximum Gasteiger partial charge on any atom is 0.205 e. The van der Waals surface area contributed by atoms with Gasteiger partial charge in [0.15, 0.2) is 0 Å². The molecule has 3 heterocycles. The van der Waals surface area contributed by atoms with Crippen LogP contribution in [0.5, 0.6) is 0 Å². The third-order valence-corrected chi connectivity index (χ3v) is 4.25. The first kappa shape index (κ1) is 16.0. The van der Waals surface area contributed by atoms with Gasteiger partial charge in [0, 0.05) is 43.6 Å². The van der Waals surface area contributed by atoms with Crippen LogP contribution in [-0.4, -0.2) is 31.6 Å². The maximum atomic E-state index is 12.3. The summed E-state index contributed by atoms with van der Waals surface area (Å²) >= 11 is 0. The van der Waals surface area contributed by atoms with Crippen LogP contribution in [0.25, 0.3) is 16.6 Å². The number of anilines is 1. The van der Waals surface area contributed by atoms with Gasteiger partial charge < -0.3 is 4.90 Å². The van der Waals surface area contributed by atoms with E-state index in [9.17, 15) is 4.79 Å². The Bertz CT molecular complexity index is 1130. The van der Waals surface area contributed by atoms with Crippen molar-refractivity contribution >= 4 is 16.6 Å². The average Bonchev–Trinajstić information content (AvgIpc) is 3.09. The van der Waals surface area contributed by atoms with Gasteiger partial charge in [-0.05, 0) is 24.3 Å². The fourth-order valence-corrected chi connectivity index (χ4v) is 2.84. The molecule has 4 rings (SSSR count). The Morgan fingerprint density at radius 1 is 1.19 bits per heavy atom. The third-order valence-electron chi connectivity index (χ3n) is 4.25. The maximum absolute atomic E-state index is 12.3. The average molecular weight is 346 g/mol. The van der Waals surface area contributed by atoms with Gasteiger partial charge in [-0.3, -0.25) is 14.5 Å². The van der Waals surface area contributed by atoms with Crippen molar-refractivity contribution in [3.8, 4) is 5.69 Å². The molecule has 7 heteroatoms. The molecule has 0 aliphatic heterocycles. The van der Waals surface area contributed by atoms with Gasteiger partial charge in [-0.25, -0.2) is 4.68 Å². The van der Waals surface area contributed by atoms with Crippen LogP contribution in [0, 0.1) is 0 Å². The van der Waals surface area contributed by atoms with E-state index in [0.29, 0.717) is 12.2 Å². The molecule has 0 saturated heterocycles. The van der Waals surface area contributed by atoms with Crippen LogP contribution in [0.15, 0.2) is 66.0 Å². The van der Waals surface area contributed by atoms with Gasteiger partial charge in [0.25, 0.3) is 0 Å². The monoisotopic (exact) mass is 346 g/mol. The zero-order valence-electron chi connectivity index (χ0n) is 14.6. The molecule has 0 saturated carbocycles. The topological polar surface area (TPSA) is 68.8 Å². The SMILES string of the molecule is CN(Cc1nn(-c2cnn(C)c2)ccc1=O)c1ccc2ncccc2c1. The zero-order chi connectivity index (χ0) is 18.1. The Morgan fingerprint density at radius 3 is 2.88 bits per heavy atom. The summed E-state index contributed by atoms with van der Waals surface area (Å²) in [5.74, 6) is 0. The van der Waals surface area contributed by atoms with Crippen LogP contribution >= 0.6 is 0 Å². The summed E-state index contributed by atoms with van der Waals surface area (Å²) in [5.41, 5.74) is 3.16. The van der Waals surface area contributed by atoms with Crippen LogP contribution < -0.4 is 10.3 Å². The molecule has 0 amide bonds. The number of nitrogens with zero attached hydrogens (tertiary/aromatic N) is 6. The highest BCUT2D eigenvalue weighted by Crippen LogP contribution is 2.20. The lowest BCUT2D eigenvalue weighted by molar-refractivity contribution is 0.750. The van der Waals surface area contributed by atoms with Crippen LogP contribution in [-0.2, 0) is 13.6 Å². The highest BCUT2D eigenvalue weighted by atomic mass is 16.1. The quantitative estimate of drug-likeness (QED) is 0.566. The first-order valence-corrected chi connectivity index (χ1v) is 8.24. The Hall–Kier alpha value is -3.48. The standard InChI is InChI=1S/C19H18N6O/c1-23(15-5-6-17-14(10-15)4-3-8-20-17)13-18-19(26)7-9-25(22-18)16-11-21-24(2)12-16/h3-12H,13H2,1-2H3. The minimum absolute atomic E-state index is 0.0838. The van der Waals surface area contributed by atoms with E-state index in [-0.39, 0.29) is 5.43 Å². The Balaban J connectivity index is 1.64. The number of rotatable bonds is 4. The molecule has 0 fully saturated rings. The van der Waals surface area contributed by atoms with E-state index in [1.54, 1.807) is 28.0 Å². The van der Waals surface area contributed by atoms with Crippen molar-refractivity contribution in [1.29, 1.82) is 0 Å². The third kappa shape index (κ3) is 3.06. The summed E-state index contributed by atoms with van der Waals surface area (Å²) < 4.78 is 3.37. The highest BCUT2D eigenvalue weighted by Gasteiger charge is 2.10. The van der Waals surface area contributed by atoms with E-state index in [1.807, 2.05) is 49.5 Å². The number of aromatic nitrogens is 5. The van der Waals surface area contributed by atoms with E-state index in [0.717, 1.165) is 22.3 Å². The molecule has 26 heavy (non-hydrogen) atoms. The second kappa shape index (κ2) is 6.44. The highest BCUT2D eigenvalue weighted by molar-refractivity contribution is 5.82. The van der Waals surface area contributed by atoms with Gasteiger partial charge >= 0.3 is 0 Å². The van der Waals surface area contributed by atoms with Crippen LogP contribution in [0.4, 0.5) is 5.69 Å². The molecular weight excluding hydrogens is 328 g/mol. The van der Waals surface area contributed by atoms with Gasteiger partial charge in [-0.2, -0.15) is 10.2 Å². The minimum Gasteiger partial charge on any atom is -0.368 e. The lowest BCUT2D eigenvalue weighted by Crippen LogP contribution is -2.24. The first-order chi connectivity index (χ1) is 12.6. The van der Waals surface area contributed by atoms with Crippen molar-refractivity contribution < 1.29 is 0 Å². The minimum atomic E-state index is -0.0838. The molecule has 1 aromatic carbocycles. The molecule has 130 valence electrons. The van der Waals surface area contributed by atoms with Crippen LogP contribution in [0.1, 0.15) is 5.69 Å². The zero-order valence-corrected chi connectivity index (χ0v) is 14.6. The number of hydrogen-bond acceptors (Lipinski definition) is 5. The molecule has 3 aromatic heterocycles. The van der Waals surface area contributed by atoms with Crippen molar-refractivity contribution in [2.24, 2.45) is 7.05 Å². The second-order valence-electron chi connectivity index (χ2n) is 6.18. The summed E-state index contributed by atoms with van der Waals surface area (Å²) in [6.45, 7) is 0.408. The fraction of sp³-hybridized carbons (Fsp3) is 0.158. The van der Waals surface area contributed by atoms with Crippen molar-refractivity contribution in [2.45, 2.75) is 6.54 Å². The van der Waals surface area contributed by atoms with Crippen molar-refractivity contribution in [1.82, 2.24) is 24.5 Å². The van der Waals surface area contributed by atoms with E-state index in [2.05, 4.69) is 21.2 Å². The number of aryl methyl sites for hydroxylation is 1. The number of pyridine rings is 1. The van der Waals surface area contributed by atoms with Crippen molar-refractivity contribution in [3.63, 3.8) is 0 Å². The second-order valence-corrected chi connectivity index (χ2v) is 6.18. The van der Waals surface area contributed by atoms with Gasteiger partial charge in [0.2, 0.25) is 5.43 Å². The molecule has 0 radical (unpaired) electrons. The Morgan fingerprint density at radius 2 is 2.08 bits per heavy atom. The Kier molecular flexibility index (Phi) is 3.96. The largest absolute Gasteiger partial charge is 0.368 e. The van der Waals surface area contributed by atoms with Crippen molar-refractivity contribution in [3.05, 3.63) is 77.1 Å². The number of hydrogen-bond donors (Lipinski definition) is 0. The molecule has 0 spiro atoms. The summed E-state index contributed by atoms with van der Waals surface area (Å²) in [6, 6.07) is 11.5. The molecule has 0 N–H and O–H groups in total. The summed E-state index contributed by atoms with van der Waals surface area (Å²) in [6.07, 6.45) is 6.99. The van der Waals surface area contributed by atoms with Crippen molar-refractivity contribution in [2.75, 3.05) is 11.9 Å². The van der Waals surface area contributed by atoms with E-state index in [4.69, 9.17) is 0 Å². The molecule has 0 atom stereocenters. The summed E-state index contributed by atoms with van der Waals surface area (Å²) in [5, 5.41) is 9.69. The molecule has 0 bridgehead atoms. The predicted octanol–water partition coefficient (Wildman–Crippen LogP) is 2.15. The van der Waals surface area contributed by atoms with E-state index in [1.165, 1.54) is 6.07 Å². The lowest BCUT2D eigenvalue weighted by Gasteiger charge is -2.19. The molecule has 0 unspecified atom stereocenters. The molecule has 0 aliphatic carbocycles. The normalized spacial score (nSPS) is 11.0. The van der Waals surface area contributed by atoms with Gasteiger partial charge in [-0.1, -0.05) is 6.07 Å². The number of fused-ring (bicyclic) bond motifs is 1.